The predicted octanol–water partition coefficient (Wildman–Crippen LogP) is 3.48. The molecule has 1 aromatic carbocycles. The number of halogens is 2. The Bertz CT molecular complexity index is 1010. The van der Waals surface area contributed by atoms with Gasteiger partial charge in [0.1, 0.15) is 11.0 Å². The normalized spacial score (nSPS) is 12.7. The van der Waals surface area contributed by atoms with Gasteiger partial charge in [-0.1, -0.05) is 37.0 Å². The van der Waals surface area contributed by atoms with Crippen molar-refractivity contribution in [1.29, 1.82) is 0 Å². The van der Waals surface area contributed by atoms with Gasteiger partial charge in [0.15, 0.2) is 6.10 Å². The first kappa shape index (κ1) is 24.6. The number of anilines is 1. The van der Waals surface area contributed by atoms with E-state index in [9.17, 15) is 19.2 Å². The highest BCUT2D eigenvalue weighted by molar-refractivity contribution is 7.14. The van der Waals surface area contributed by atoms with Gasteiger partial charge in [-0.15, -0.1) is 11.3 Å². The van der Waals surface area contributed by atoms with Crippen molar-refractivity contribution in [3.63, 3.8) is 0 Å². The van der Waals surface area contributed by atoms with E-state index in [1.807, 2.05) is 0 Å². The van der Waals surface area contributed by atoms with E-state index in [0.29, 0.717) is 5.02 Å². The van der Waals surface area contributed by atoms with E-state index in [1.165, 1.54) is 31.2 Å². The predicted molar refractivity (Wildman–Crippen MR) is 120 cm³/mol. The molecule has 0 saturated carbocycles. The highest BCUT2D eigenvalue weighted by Crippen LogP contribution is 2.23. The van der Waals surface area contributed by atoms with Crippen molar-refractivity contribution in [2.75, 3.05) is 5.32 Å². The minimum absolute atomic E-state index is 0.134. The lowest BCUT2D eigenvalue weighted by Gasteiger charge is -2.23. The Morgan fingerprint density at radius 1 is 1.06 bits per heavy atom. The molecular weight excluding hydrogens is 465 g/mol. The monoisotopic (exact) mass is 485 g/mol. The molecule has 8 nitrogen and oxygen atoms in total. The fourth-order valence-corrected chi connectivity index (χ4v) is 3.79. The largest absolute Gasteiger partial charge is 0.451 e. The number of primary amides is 1. The molecule has 11 heteroatoms. The van der Waals surface area contributed by atoms with Crippen LogP contribution in [-0.4, -0.2) is 35.8 Å². The van der Waals surface area contributed by atoms with Crippen molar-refractivity contribution >= 4 is 63.2 Å². The number of thiophene rings is 1. The Morgan fingerprint density at radius 2 is 1.74 bits per heavy atom. The molecule has 0 spiro atoms. The van der Waals surface area contributed by atoms with E-state index < -0.39 is 35.8 Å². The first-order chi connectivity index (χ1) is 14.5. The van der Waals surface area contributed by atoms with E-state index in [4.69, 9.17) is 33.7 Å². The van der Waals surface area contributed by atoms with Crippen LogP contribution < -0.4 is 16.4 Å². The molecule has 31 heavy (non-hydrogen) atoms. The van der Waals surface area contributed by atoms with Gasteiger partial charge in [-0.3, -0.25) is 14.4 Å². The van der Waals surface area contributed by atoms with Crippen LogP contribution in [0.2, 0.25) is 10.0 Å². The maximum absolute atomic E-state index is 12.6. The second-order valence-electron chi connectivity index (χ2n) is 6.92. The van der Waals surface area contributed by atoms with Gasteiger partial charge >= 0.3 is 5.97 Å². The van der Waals surface area contributed by atoms with Gasteiger partial charge in [0, 0.05) is 5.02 Å². The highest BCUT2D eigenvalue weighted by atomic mass is 35.5. The third kappa shape index (κ3) is 6.43. The van der Waals surface area contributed by atoms with Crippen molar-refractivity contribution in [3.8, 4) is 0 Å². The number of amides is 3. The molecule has 2 aromatic rings. The third-order valence-corrected chi connectivity index (χ3v) is 5.59. The number of nitrogens with two attached hydrogens (primary N) is 1. The SMILES string of the molecule is CC(C)[C@@H](NC(=O)c1ccc(Cl)cc1Cl)C(=O)O[C@@H](C)C(=O)Nc1sccc1C(N)=O. The molecule has 0 saturated heterocycles. The molecule has 0 fully saturated rings. The molecule has 0 radical (unpaired) electrons. The van der Waals surface area contributed by atoms with Crippen LogP contribution in [-0.2, 0) is 14.3 Å². The van der Waals surface area contributed by atoms with Gasteiger partial charge in [0.25, 0.3) is 17.7 Å². The Morgan fingerprint density at radius 3 is 2.32 bits per heavy atom. The summed E-state index contributed by atoms with van der Waals surface area (Å²) in [5.41, 5.74) is 5.55. The second-order valence-corrected chi connectivity index (χ2v) is 8.68. The average Bonchev–Trinajstić information content (AvgIpc) is 3.13. The standard InChI is InChI=1S/C20H21Cl2N3O5S/c1-9(2)15(24-18(28)12-5-4-11(21)8-14(12)22)20(29)30-10(3)17(27)25-19-13(16(23)26)6-7-31-19/h4-10,15H,1-3H3,(H2,23,26)(H,24,28)(H,25,27)/t10-,15+/m0/s1. The lowest BCUT2D eigenvalue weighted by Crippen LogP contribution is -2.47. The summed E-state index contributed by atoms with van der Waals surface area (Å²) < 4.78 is 5.24. The molecule has 0 aliphatic heterocycles. The molecule has 3 amide bonds. The Kier molecular flexibility index (Phi) is 8.43. The smallest absolute Gasteiger partial charge is 0.329 e. The average molecular weight is 486 g/mol. The minimum Gasteiger partial charge on any atom is -0.451 e. The number of carbonyl (C=O) groups is 4. The molecule has 1 aromatic heterocycles. The second kappa shape index (κ2) is 10.6. The number of ether oxygens (including phenoxy) is 1. The topological polar surface area (TPSA) is 128 Å². The number of carbonyl (C=O) groups excluding carboxylic acids is 4. The van der Waals surface area contributed by atoms with Crippen LogP contribution >= 0.6 is 34.5 Å². The Labute approximate surface area is 193 Å². The summed E-state index contributed by atoms with van der Waals surface area (Å²) in [6, 6.07) is 4.81. The molecule has 0 aliphatic carbocycles. The zero-order chi connectivity index (χ0) is 23.3. The summed E-state index contributed by atoms with van der Waals surface area (Å²) >= 11 is 13.0. The number of benzene rings is 1. The molecule has 0 bridgehead atoms. The quantitative estimate of drug-likeness (QED) is 0.493. The summed E-state index contributed by atoms with van der Waals surface area (Å²) in [5, 5.41) is 7.44. The summed E-state index contributed by atoms with van der Waals surface area (Å²) in [6.45, 7) is 4.80. The molecule has 4 N–H and O–H groups in total. The molecule has 0 unspecified atom stereocenters. The van der Waals surface area contributed by atoms with E-state index >= 15 is 0 Å². The number of esters is 1. The van der Waals surface area contributed by atoms with Gasteiger partial charge in [0.05, 0.1) is 16.1 Å². The zero-order valence-electron chi connectivity index (χ0n) is 16.9. The number of rotatable bonds is 8. The van der Waals surface area contributed by atoms with Crippen molar-refractivity contribution in [1.82, 2.24) is 5.32 Å². The molecule has 166 valence electrons. The maximum atomic E-state index is 12.6. The fraction of sp³-hybridized carbons (Fsp3) is 0.300. The molecule has 1 heterocycles. The van der Waals surface area contributed by atoms with E-state index in [1.54, 1.807) is 19.2 Å². The van der Waals surface area contributed by atoms with Crippen LogP contribution in [0, 0.1) is 5.92 Å². The van der Waals surface area contributed by atoms with Crippen LogP contribution in [0.4, 0.5) is 5.00 Å². The summed E-state index contributed by atoms with van der Waals surface area (Å²) in [7, 11) is 0. The van der Waals surface area contributed by atoms with E-state index in [2.05, 4.69) is 10.6 Å². The fourth-order valence-electron chi connectivity index (χ4n) is 2.51. The Balaban J connectivity index is 2.05. The Hall–Kier alpha value is -2.62. The lowest BCUT2D eigenvalue weighted by molar-refractivity contribution is -0.156. The number of nitrogens with one attached hydrogen (secondary N) is 2. The molecule has 2 rings (SSSR count). The van der Waals surface area contributed by atoms with Gasteiger partial charge in [0.2, 0.25) is 0 Å². The van der Waals surface area contributed by atoms with Crippen molar-refractivity contribution in [2.24, 2.45) is 11.7 Å². The minimum atomic E-state index is -1.19. The van der Waals surface area contributed by atoms with E-state index in [-0.39, 0.29) is 27.1 Å². The van der Waals surface area contributed by atoms with Crippen molar-refractivity contribution in [3.05, 3.63) is 50.8 Å². The number of hydrogen-bond donors (Lipinski definition) is 3. The first-order valence-corrected chi connectivity index (χ1v) is 10.8. The molecular formula is C20H21Cl2N3O5S. The van der Waals surface area contributed by atoms with Crippen molar-refractivity contribution < 1.29 is 23.9 Å². The van der Waals surface area contributed by atoms with Gasteiger partial charge in [-0.25, -0.2) is 4.79 Å². The highest BCUT2D eigenvalue weighted by Gasteiger charge is 2.30. The summed E-state index contributed by atoms with van der Waals surface area (Å²) in [5.74, 6) is -3.05. The van der Waals surface area contributed by atoms with Crippen LogP contribution in [0.5, 0.6) is 0 Å². The van der Waals surface area contributed by atoms with E-state index in [0.717, 1.165) is 11.3 Å². The maximum Gasteiger partial charge on any atom is 0.329 e. The summed E-state index contributed by atoms with van der Waals surface area (Å²) in [4.78, 5) is 49.0. The van der Waals surface area contributed by atoms with Gasteiger partial charge in [-0.05, 0) is 42.5 Å². The molecule has 2 atom stereocenters. The van der Waals surface area contributed by atoms with Crippen LogP contribution in [0.25, 0.3) is 0 Å². The third-order valence-electron chi connectivity index (χ3n) is 4.21. The zero-order valence-corrected chi connectivity index (χ0v) is 19.2. The van der Waals surface area contributed by atoms with Crippen LogP contribution in [0.15, 0.2) is 29.6 Å². The van der Waals surface area contributed by atoms with Gasteiger partial charge < -0.3 is 21.1 Å². The number of hydrogen-bond acceptors (Lipinski definition) is 6. The van der Waals surface area contributed by atoms with Gasteiger partial charge in [-0.2, -0.15) is 0 Å². The lowest BCUT2D eigenvalue weighted by atomic mass is 10.0. The first-order valence-electron chi connectivity index (χ1n) is 9.15. The van der Waals surface area contributed by atoms with Crippen molar-refractivity contribution in [2.45, 2.75) is 32.9 Å². The van der Waals surface area contributed by atoms with Crippen LogP contribution in [0.1, 0.15) is 41.5 Å². The molecule has 0 aliphatic rings. The summed E-state index contributed by atoms with van der Waals surface area (Å²) in [6.07, 6.45) is -1.19. The van der Waals surface area contributed by atoms with Crippen LogP contribution in [0.3, 0.4) is 0 Å².